The summed E-state index contributed by atoms with van der Waals surface area (Å²) in [4.78, 5) is 4.42. The van der Waals surface area contributed by atoms with E-state index in [0.29, 0.717) is 0 Å². The summed E-state index contributed by atoms with van der Waals surface area (Å²) in [5, 5.41) is 9.39. The lowest BCUT2D eigenvalue weighted by Gasteiger charge is -2.35. The second kappa shape index (κ2) is 5.47. The fraction of sp³-hybridized carbons (Fsp3) is 0.500. The molecule has 1 unspecified atom stereocenters. The van der Waals surface area contributed by atoms with Crippen LogP contribution in [0.1, 0.15) is 17.2 Å². The summed E-state index contributed by atoms with van der Waals surface area (Å²) in [5.41, 5.74) is 1.77. The van der Waals surface area contributed by atoms with Gasteiger partial charge in [-0.15, -0.1) is 0 Å². The quantitative estimate of drug-likeness (QED) is 0.800. The van der Waals surface area contributed by atoms with Crippen LogP contribution in [-0.2, 0) is 0 Å². The van der Waals surface area contributed by atoms with Gasteiger partial charge in [0.1, 0.15) is 11.9 Å². The van der Waals surface area contributed by atoms with Crippen LogP contribution in [0.5, 0.6) is 0 Å². The zero-order chi connectivity index (χ0) is 13.1. The summed E-state index contributed by atoms with van der Waals surface area (Å²) in [6, 6.07) is 6.75. The van der Waals surface area contributed by atoms with E-state index in [2.05, 4.69) is 22.9 Å². The van der Waals surface area contributed by atoms with Crippen molar-refractivity contribution in [1.82, 2.24) is 9.80 Å². The number of hydrogen-bond acceptors (Lipinski definition) is 3. The summed E-state index contributed by atoms with van der Waals surface area (Å²) in [5.74, 6) is -0.244. The number of nitrogens with zero attached hydrogens (tertiary/aromatic N) is 3. The highest BCUT2D eigenvalue weighted by Crippen LogP contribution is 2.24. The Morgan fingerprint density at radius 1 is 1.28 bits per heavy atom. The van der Waals surface area contributed by atoms with Gasteiger partial charge in [-0.1, -0.05) is 6.07 Å². The average molecular weight is 247 g/mol. The molecule has 1 atom stereocenters. The molecule has 1 aliphatic rings. The molecule has 0 aliphatic carbocycles. The summed E-state index contributed by atoms with van der Waals surface area (Å²) in [7, 11) is 2.09. The second-order valence-electron chi connectivity index (χ2n) is 4.87. The van der Waals surface area contributed by atoms with Gasteiger partial charge in [-0.05, 0) is 37.2 Å². The molecule has 0 radical (unpaired) electrons. The third-order valence-corrected chi connectivity index (χ3v) is 3.55. The Morgan fingerprint density at radius 3 is 2.50 bits per heavy atom. The number of nitriles is 1. The van der Waals surface area contributed by atoms with Crippen molar-refractivity contribution in [2.45, 2.75) is 13.0 Å². The predicted octanol–water partition coefficient (Wildman–Crippen LogP) is 1.95. The van der Waals surface area contributed by atoms with Gasteiger partial charge in [0.05, 0.1) is 6.07 Å². The number of aryl methyl sites for hydroxylation is 1. The van der Waals surface area contributed by atoms with Crippen LogP contribution in [0.2, 0.25) is 0 Å². The lowest BCUT2D eigenvalue weighted by molar-refractivity contribution is 0.132. The summed E-state index contributed by atoms with van der Waals surface area (Å²) >= 11 is 0. The van der Waals surface area contributed by atoms with Gasteiger partial charge in [-0.25, -0.2) is 4.39 Å². The standard InChI is InChI=1S/C14H18FN3/c1-11-9-12(15)3-4-13(11)14(10-16)18-7-5-17(2)6-8-18/h3-4,9,14H,5-8H2,1-2H3. The van der Waals surface area contributed by atoms with E-state index in [1.807, 2.05) is 6.92 Å². The molecule has 1 aromatic carbocycles. The van der Waals surface area contributed by atoms with Crippen molar-refractivity contribution in [1.29, 1.82) is 5.26 Å². The monoisotopic (exact) mass is 247 g/mol. The highest BCUT2D eigenvalue weighted by Gasteiger charge is 2.24. The van der Waals surface area contributed by atoms with Crippen LogP contribution < -0.4 is 0 Å². The summed E-state index contributed by atoms with van der Waals surface area (Å²) in [6.07, 6.45) is 0. The van der Waals surface area contributed by atoms with Gasteiger partial charge in [0.25, 0.3) is 0 Å². The van der Waals surface area contributed by atoms with Gasteiger partial charge in [0, 0.05) is 26.2 Å². The van der Waals surface area contributed by atoms with Gasteiger partial charge in [-0.3, -0.25) is 4.90 Å². The van der Waals surface area contributed by atoms with E-state index in [4.69, 9.17) is 0 Å². The lowest BCUT2D eigenvalue weighted by Crippen LogP contribution is -2.45. The molecule has 0 bridgehead atoms. The lowest BCUT2D eigenvalue weighted by atomic mass is 10.00. The van der Waals surface area contributed by atoms with E-state index < -0.39 is 0 Å². The van der Waals surface area contributed by atoms with Crippen LogP contribution >= 0.6 is 0 Å². The van der Waals surface area contributed by atoms with Crippen molar-refractivity contribution in [3.05, 3.63) is 35.1 Å². The highest BCUT2D eigenvalue weighted by molar-refractivity contribution is 5.33. The first kappa shape index (κ1) is 13.0. The van der Waals surface area contributed by atoms with Crippen LogP contribution in [0.4, 0.5) is 4.39 Å². The van der Waals surface area contributed by atoms with E-state index in [1.165, 1.54) is 12.1 Å². The number of likely N-dealkylation sites (N-methyl/N-ethyl adjacent to an activating group) is 1. The van der Waals surface area contributed by atoms with Gasteiger partial charge < -0.3 is 4.90 Å². The molecule has 0 amide bonds. The molecule has 1 aliphatic heterocycles. The Hall–Kier alpha value is -1.44. The molecular formula is C14H18FN3. The molecule has 96 valence electrons. The zero-order valence-electron chi connectivity index (χ0n) is 10.9. The molecule has 0 saturated carbocycles. The molecule has 1 aromatic rings. The summed E-state index contributed by atoms with van der Waals surface area (Å²) in [6.45, 7) is 5.56. The van der Waals surface area contributed by atoms with Crippen molar-refractivity contribution < 1.29 is 4.39 Å². The van der Waals surface area contributed by atoms with E-state index >= 15 is 0 Å². The molecule has 18 heavy (non-hydrogen) atoms. The van der Waals surface area contributed by atoms with E-state index in [1.54, 1.807) is 6.07 Å². The largest absolute Gasteiger partial charge is 0.304 e. The minimum atomic E-state index is -0.265. The molecule has 1 heterocycles. The molecule has 0 spiro atoms. The Balaban J connectivity index is 2.21. The van der Waals surface area contributed by atoms with E-state index in [9.17, 15) is 9.65 Å². The highest BCUT2D eigenvalue weighted by atomic mass is 19.1. The topological polar surface area (TPSA) is 30.3 Å². The Bertz CT molecular complexity index is 459. The average Bonchev–Trinajstić information content (AvgIpc) is 2.35. The second-order valence-corrected chi connectivity index (χ2v) is 4.87. The number of piperazine rings is 1. The fourth-order valence-electron chi connectivity index (χ4n) is 2.37. The normalized spacial score (nSPS) is 19.4. The van der Waals surface area contributed by atoms with Gasteiger partial charge in [0.2, 0.25) is 0 Å². The minimum Gasteiger partial charge on any atom is -0.304 e. The maximum atomic E-state index is 13.1. The Labute approximate surface area is 107 Å². The number of halogens is 1. The summed E-state index contributed by atoms with van der Waals surface area (Å²) < 4.78 is 13.1. The maximum Gasteiger partial charge on any atom is 0.124 e. The molecule has 4 heteroatoms. The predicted molar refractivity (Wildman–Crippen MR) is 68.6 cm³/mol. The van der Waals surface area contributed by atoms with Crippen molar-refractivity contribution in [2.24, 2.45) is 0 Å². The Kier molecular flexibility index (Phi) is 3.95. The van der Waals surface area contributed by atoms with Crippen molar-refractivity contribution in [3.63, 3.8) is 0 Å². The molecule has 0 aromatic heterocycles. The van der Waals surface area contributed by atoms with Crippen LogP contribution in [0.25, 0.3) is 0 Å². The van der Waals surface area contributed by atoms with Gasteiger partial charge >= 0.3 is 0 Å². The van der Waals surface area contributed by atoms with Crippen LogP contribution in [0, 0.1) is 24.1 Å². The molecular weight excluding hydrogens is 229 g/mol. The minimum absolute atomic E-state index is 0.244. The van der Waals surface area contributed by atoms with E-state index in [-0.39, 0.29) is 11.9 Å². The van der Waals surface area contributed by atoms with Crippen molar-refractivity contribution >= 4 is 0 Å². The zero-order valence-corrected chi connectivity index (χ0v) is 10.9. The fourth-order valence-corrected chi connectivity index (χ4v) is 2.37. The van der Waals surface area contributed by atoms with Gasteiger partial charge in [-0.2, -0.15) is 5.26 Å². The molecule has 1 fully saturated rings. The molecule has 3 nitrogen and oxygen atoms in total. The number of hydrogen-bond donors (Lipinski definition) is 0. The first-order chi connectivity index (χ1) is 8.61. The molecule has 2 rings (SSSR count). The smallest absolute Gasteiger partial charge is 0.124 e. The van der Waals surface area contributed by atoms with Crippen LogP contribution in [0.3, 0.4) is 0 Å². The third kappa shape index (κ3) is 2.69. The SMILES string of the molecule is Cc1cc(F)ccc1C(C#N)N1CCN(C)CC1. The van der Waals surface area contributed by atoms with Crippen LogP contribution in [0.15, 0.2) is 18.2 Å². The van der Waals surface area contributed by atoms with Crippen LogP contribution in [-0.4, -0.2) is 43.0 Å². The maximum absolute atomic E-state index is 13.1. The van der Waals surface area contributed by atoms with E-state index in [0.717, 1.165) is 37.3 Å². The van der Waals surface area contributed by atoms with Crippen molar-refractivity contribution in [2.75, 3.05) is 33.2 Å². The first-order valence-electron chi connectivity index (χ1n) is 6.20. The Morgan fingerprint density at radius 2 is 1.94 bits per heavy atom. The third-order valence-electron chi connectivity index (χ3n) is 3.55. The number of benzene rings is 1. The van der Waals surface area contributed by atoms with Gasteiger partial charge in [0.15, 0.2) is 0 Å². The first-order valence-corrected chi connectivity index (χ1v) is 6.20. The van der Waals surface area contributed by atoms with Crippen molar-refractivity contribution in [3.8, 4) is 6.07 Å². The number of rotatable bonds is 2. The molecule has 1 saturated heterocycles. The molecule has 0 N–H and O–H groups in total.